The van der Waals surface area contributed by atoms with Gasteiger partial charge in [-0.25, -0.2) is 0 Å². The molecule has 2 amide bonds. The molecule has 0 bridgehead atoms. The summed E-state index contributed by atoms with van der Waals surface area (Å²) in [6.07, 6.45) is 4.27. The number of nitrogens with zero attached hydrogens (tertiary/aromatic N) is 1. The van der Waals surface area contributed by atoms with Crippen molar-refractivity contribution >= 4 is 11.8 Å². The van der Waals surface area contributed by atoms with Gasteiger partial charge in [-0.1, -0.05) is 31.0 Å². The van der Waals surface area contributed by atoms with E-state index in [0.717, 1.165) is 48.1 Å². The van der Waals surface area contributed by atoms with E-state index in [1.807, 2.05) is 50.2 Å². The topological polar surface area (TPSA) is 67.9 Å². The zero-order chi connectivity index (χ0) is 23.1. The first-order valence-corrected chi connectivity index (χ1v) is 11.3. The summed E-state index contributed by atoms with van der Waals surface area (Å²) < 4.78 is 11.0. The van der Waals surface area contributed by atoms with Crippen molar-refractivity contribution in [1.29, 1.82) is 0 Å². The van der Waals surface area contributed by atoms with Crippen molar-refractivity contribution in [3.05, 3.63) is 59.2 Å². The normalized spacial score (nSPS) is 14.6. The second kappa shape index (κ2) is 11.0. The molecular formula is C26H34N2O4. The lowest BCUT2D eigenvalue weighted by Crippen LogP contribution is -2.50. The van der Waals surface area contributed by atoms with E-state index in [4.69, 9.17) is 9.47 Å². The van der Waals surface area contributed by atoms with Crippen LogP contribution in [0.1, 0.15) is 49.3 Å². The number of hydrogen-bond acceptors (Lipinski definition) is 4. The minimum absolute atomic E-state index is 0.120. The quantitative estimate of drug-likeness (QED) is 0.638. The van der Waals surface area contributed by atoms with Crippen molar-refractivity contribution in [2.45, 2.75) is 65.1 Å². The van der Waals surface area contributed by atoms with Gasteiger partial charge in [0.2, 0.25) is 5.91 Å². The summed E-state index contributed by atoms with van der Waals surface area (Å²) in [7, 11) is 1.62. The zero-order valence-electron chi connectivity index (χ0n) is 19.5. The second-order valence-corrected chi connectivity index (χ2v) is 8.65. The average Bonchev–Trinajstić information content (AvgIpc) is 3.28. The molecular weight excluding hydrogens is 404 g/mol. The van der Waals surface area contributed by atoms with Gasteiger partial charge in [-0.15, -0.1) is 0 Å². The molecule has 1 fully saturated rings. The van der Waals surface area contributed by atoms with Crippen LogP contribution in [0, 0.1) is 13.8 Å². The number of ether oxygens (including phenoxy) is 2. The van der Waals surface area contributed by atoms with Crippen molar-refractivity contribution in [1.82, 2.24) is 10.2 Å². The summed E-state index contributed by atoms with van der Waals surface area (Å²) in [6, 6.07) is 13.0. The van der Waals surface area contributed by atoms with Gasteiger partial charge < -0.3 is 19.7 Å². The maximum atomic E-state index is 13.2. The Morgan fingerprint density at radius 2 is 1.66 bits per heavy atom. The Morgan fingerprint density at radius 3 is 2.25 bits per heavy atom. The lowest BCUT2D eigenvalue weighted by molar-refractivity contribution is -0.142. The van der Waals surface area contributed by atoms with E-state index in [1.165, 1.54) is 0 Å². The van der Waals surface area contributed by atoms with Gasteiger partial charge in [0, 0.05) is 12.6 Å². The largest absolute Gasteiger partial charge is 0.497 e. The summed E-state index contributed by atoms with van der Waals surface area (Å²) in [5.74, 6) is 1.05. The molecule has 1 aliphatic rings. The summed E-state index contributed by atoms with van der Waals surface area (Å²) in [6.45, 7) is 5.96. The van der Waals surface area contributed by atoms with Crippen molar-refractivity contribution in [3.63, 3.8) is 0 Å². The first-order valence-electron chi connectivity index (χ1n) is 11.3. The third-order valence-electron chi connectivity index (χ3n) is 5.94. The lowest BCUT2D eigenvalue weighted by Gasteiger charge is -2.29. The summed E-state index contributed by atoms with van der Waals surface area (Å²) >= 11 is 0. The second-order valence-electron chi connectivity index (χ2n) is 8.65. The molecule has 1 N–H and O–H groups in total. The standard InChI is InChI=1S/C26H34N2O4/c1-18-13-19(2)15-24(14-18)32-17-25(29)28(16-21-9-11-23(31-4)12-10-21)20(3)26(30)27-22-7-5-6-8-22/h9-15,20,22H,5-8,16-17H2,1-4H3,(H,27,30). The molecule has 0 radical (unpaired) electrons. The smallest absolute Gasteiger partial charge is 0.261 e. The van der Waals surface area contributed by atoms with Gasteiger partial charge in [-0.05, 0) is 74.6 Å². The molecule has 0 aliphatic heterocycles. The van der Waals surface area contributed by atoms with E-state index < -0.39 is 6.04 Å². The Bertz CT molecular complexity index is 900. The first-order chi connectivity index (χ1) is 15.4. The van der Waals surface area contributed by atoms with Crippen molar-refractivity contribution in [2.75, 3.05) is 13.7 Å². The lowest BCUT2D eigenvalue weighted by atomic mass is 10.1. The number of methoxy groups -OCH3 is 1. The van der Waals surface area contributed by atoms with E-state index in [1.54, 1.807) is 18.9 Å². The van der Waals surface area contributed by atoms with E-state index in [9.17, 15) is 9.59 Å². The summed E-state index contributed by atoms with van der Waals surface area (Å²) in [5.41, 5.74) is 3.07. The van der Waals surface area contributed by atoms with Crippen LogP contribution in [0.5, 0.6) is 11.5 Å². The fourth-order valence-electron chi connectivity index (χ4n) is 4.15. The Hall–Kier alpha value is -3.02. The summed E-state index contributed by atoms with van der Waals surface area (Å²) in [5, 5.41) is 3.11. The van der Waals surface area contributed by atoms with Gasteiger partial charge >= 0.3 is 0 Å². The van der Waals surface area contributed by atoms with Crippen LogP contribution in [-0.4, -0.2) is 42.5 Å². The Balaban J connectivity index is 1.72. The van der Waals surface area contributed by atoms with E-state index >= 15 is 0 Å². The molecule has 0 spiro atoms. The Kier molecular flexibility index (Phi) is 8.14. The molecule has 32 heavy (non-hydrogen) atoms. The molecule has 0 saturated heterocycles. The molecule has 6 nitrogen and oxygen atoms in total. The molecule has 0 heterocycles. The van der Waals surface area contributed by atoms with Crippen LogP contribution < -0.4 is 14.8 Å². The number of carbonyl (C=O) groups excluding carboxylic acids is 2. The van der Waals surface area contributed by atoms with Gasteiger partial charge in [0.05, 0.1) is 7.11 Å². The fraction of sp³-hybridized carbons (Fsp3) is 0.462. The van der Waals surface area contributed by atoms with Crippen LogP contribution in [-0.2, 0) is 16.1 Å². The van der Waals surface area contributed by atoms with Gasteiger partial charge in [0.25, 0.3) is 5.91 Å². The number of hydrogen-bond donors (Lipinski definition) is 1. The van der Waals surface area contributed by atoms with Crippen molar-refractivity contribution in [3.8, 4) is 11.5 Å². The van der Waals surface area contributed by atoms with Crippen LogP contribution in [0.25, 0.3) is 0 Å². The Morgan fingerprint density at radius 1 is 1.03 bits per heavy atom. The first kappa shape index (κ1) is 23.6. The average molecular weight is 439 g/mol. The summed E-state index contributed by atoms with van der Waals surface area (Å²) in [4.78, 5) is 27.7. The molecule has 6 heteroatoms. The predicted octanol–water partition coefficient (Wildman–Crippen LogP) is 4.17. The number of carbonyl (C=O) groups is 2. The molecule has 2 aromatic rings. The molecule has 1 saturated carbocycles. The number of benzene rings is 2. The molecule has 3 rings (SSSR count). The third-order valence-corrected chi connectivity index (χ3v) is 5.94. The number of aryl methyl sites for hydroxylation is 2. The number of nitrogens with one attached hydrogen (secondary N) is 1. The highest BCUT2D eigenvalue weighted by Crippen LogP contribution is 2.20. The molecule has 1 atom stereocenters. The minimum Gasteiger partial charge on any atom is -0.497 e. The highest BCUT2D eigenvalue weighted by Gasteiger charge is 2.28. The Labute approximate surface area is 190 Å². The molecule has 1 aliphatic carbocycles. The van der Waals surface area contributed by atoms with Crippen molar-refractivity contribution < 1.29 is 19.1 Å². The van der Waals surface area contributed by atoms with Gasteiger partial charge in [0.1, 0.15) is 17.5 Å². The van der Waals surface area contributed by atoms with E-state index in [-0.39, 0.29) is 24.5 Å². The molecule has 172 valence electrons. The third kappa shape index (κ3) is 6.49. The fourth-order valence-corrected chi connectivity index (χ4v) is 4.15. The van der Waals surface area contributed by atoms with Gasteiger partial charge in [-0.2, -0.15) is 0 Å². The highest BCUT2D eigenvalue weighted by atomic mass is 16.5. The maximum Gasteiger partial charge on any atom is 0.261 e. The van der Waals surface area contributed by atoms with Crippen LogP contribution in [0.15, 0.2) is 42.5 Å². The van der Waals surface area contributed by atoms with E-state index in [0.29, 0.717) is 12.3 Å². The number of rotatable bonds is 9. The molecule has 2 aromatic carbocycles. The van der Waals surface area contributed by atoms with Crippen LogP contribution >= 0.6 is 0 Å². The SMILES string of the molecule is COc1ccc(CN(C(=O)COc2cc(C)cc(C)c2)C(C)C(=O)NC2CCCC2)cc1. The highest BCUT2D eigenvalue weighted by molar-refractivity contribution is 5.88. The molecule has 1 unspecified atom stereocenters. The predicted molar refractivity (Wildman–Crippen MR) is 125 cm³/mol. The van der Waals surface area contributed by atoms with Crippen LogP contribution in [0.3, 0.4) is 0 Å². The maximum absolute atomic E-state index is 13.2. The van der Waals surface area contributed by atoms with Gasteiger partial charge in [0.15, 0.2) is 6.61 Å². The van der Waals surface area contributed by atoms with E-state index in [2.05, 4.69) is 11.4 Å². The molecule has 0 aromatic heterocycles. The minimum atomic E-state index is -0.604. The number of amides is 2. The van der Waals surface area contributed by atoms with Crippen molar-refractivity contribution in [2.24, 2.45) is 0 Å². The monoisotopic (exact) mass is 438 g/mol. The van der Waals surface area contributed by atoms with Crippen LogP contribution in [0.2, 0.25) is 0 Å². The zero-order valence-corrected chi connectivity index (χ0v) is 19.5. The van der Waals surface area contributed by atoms with Crippen LogP contribution in [0.4, 0.5) is 0 Å². The van der Waals surface area contributed by atoms with Gasteiger partial charge in [-0.3, -0.25) is 9.59 Å².